The number of amides is 2. The molecule has 1 aliphatic rings. The fourth-order valence-corrected chi connectivity index (χ4v) is 5.47. The van der Waals surface area contributed by atoms with Gasteiger partial charge < -0.3 is 10.2 Å². The highest BCUT2D eigenvalue weighted by molar-refractivity contribution is 7.85. The molecule has 2 amide bonds. The van der Waals surface area contributed by atoms with Crippen molar-refractivity contribution < 1.29 is 18.2 Å². The van der Waals surface area contributed by atoms with Crippen LogP contribution in [-0.4, -0.2) is 16.0 Å². The summed E-state index contributed by atoms with van der Waals surface area (Å²) in [5, 5.41) is 3.25. The summed E-state index contributed by atoms with van der Waals surface area (Å²) in [6.45, 7) is 0.168. The van der Waals surface area contributed by atoms with E-state index in [2.05, 4.69) is 5.32 Å². The van der Waals surface area contributed by atoms with Crippen LogP contribution in [0.1, 0.15) is 26.3 Å². The van der Waals surface area contributed by atoms with Crippen LogP contribution < -0.4 is 10.2 Å². The molecule has 0 bridgehead atoms. The van der Waals surface area contributed by atoms with Gasteiger partial charge in [-0.15, -0.1) is 0 Å². The van der Waals surface area contributed by atoms with Gasteiger partial charge in [-0.2, -0.15) is 0 Å². The van der Waals surface area contributed by atoms with Gasteiger partial charge in [-0.3, -0.25) is 9.59 Å². The van der Waals surface area contributed by atoms with Crippen molar-refractivity contribution in [3.05, 3.63) is 119 Å². The molecule has 0 aromatic heterocycles. The van der Waals surface area contributed by atoms with E-state index in [1.165, 1.54) is 29.2 Å². The molecule has 0 fully saturated rings. The van der Waals surface area contributed by atoms with E-state index < -0.39 is 22.5 Å². The lowest BCUT2D eigenvalue weighted by Crippen LogP contribution is -2.30. The van der Waals surface area contributed by atoms with Crippen LogP contribution in [0.25, 0.3) is 0 Å². The van der Waals surface area contributed by atoms with Crippen LogP contribution in [0.3, 0.4) is 0 Å². The largest absolute Gasteiger partial charge is 0.322 e. The topological polar surface area (TPSA) is 66.5 Å². The second kappa shape index (κ2) is 9.44. The van der Waals surface area contributed by atoms with Crippen LogP contribution in [0.2, 0.25) is 5.02 Å². The molecule has 4 aromatic rings. The normalized spacial score (nSPS) is 14.6. The molecule has 0 radical (unpaired) electrons. The highest BCUT2D eigenvalue weighted by atomic mass is 35.5. The number of nitrogens with one attached hydrogen (secondary N) is 1. The molecule has 1 heterocycles. The number of anilines is 2. The van der Waals surface area contributed by atoms with Crippen molar-refractivity contribution in [2.75, 3.05) is 10.2 Å². The van der Waals surface area contributed by atoms with E-state index in [0.717, 1.165) is 5.56 Å². The number of carbonyl (C=O) groups is 2. The molecule has 0 spiro atoms. The van der Waals surface area contributed by atoms with E-state index in [1.807, 2.05) is 6.07 Å². The van der Waals surface area contributed by atoms with Crippen LogP contribution in [-0.2, 0) is 17.3 Å². The molecule has 174 valence electrons. The third-order valence-corrected chi connectivity index (χ3v) is 7.34. The first-order valence-corrected chi connectivity index (χ1v) is 12.2. The molecule has 0 saturated heterocycles. The monoisotopic (exact) mass is 504 g/mol. The van der Waals surface area contributed by atoms with E-state index in [0.29, 0.717) is 31.8 Å². The van der Waals surface area contributed by atoms with Gasteiger partial charge in [0.1, 0.15) is 5.82 Å². The van der Waals surface area contributed by atoms with Crippen LogP contribution in [0.15, 0.2) is 101 Å². The molecule has 1 aliphatic heterocycles. The predicted octanol–water partition coefficient (Wildman–Crippen LogP) is 6.06. The molecule has 5 rings (SSSR count). The molecule has 1 atom stereocenters. The minimum Gasteiger partial charge on any atom is -0.322 e. The van der Waals surface area contributed by atoms with Gasteiger partial charge in [0.15, 0.2) is 0 Å². The maximum absolute atomic E-state index is 13.7. The van der Waals surface area contributed by atoms with Crippen molar-refractivity contribution in [1.82, 2.24) is 0 Å². The number of benzene rings is 4. The summed E-state index contributed by atoms with van der Waals surface area (Å²) >= 11 is 6.16. The lowest BCUT2D eigenvalue weighted by atomic mass is 10.1. The Hall–Kier alpha value is -3.81. The van der Waals surface area contributed by atoms with E-state index in [-0.39, 0.29) is 18.0 Å². The summed E-state index contributed by atoms with van der Waals surface area (Å²) in [5.41, 5.74) is 2.18. The predicted molar refractivity (Wildman–Crippen MR) is 134 cm³/mol. The highest BCUT2D eigenvalue weighted by Crippen LogP contribution is 2.36. The Morgan fingerprint density at radius 2 is 1.69 bits per heavy atom. The number of carbonyl (C=O) groups excluding carboxylic acids is 2. The van der Waals surface area contributed by atoms with Gasteiger partial charge in [-0.05, 0) is 72.3 Å². The molecule has 0 saturated carbocycles. The summed E-state index contributed by atoms with van der Waals surface area (Å²) < 4.78 is 26.7. The lowest BCUT2D eigenvalue weighted by Gasteiger charge is -2.23. The molecule has 1 N–H and O–H groups in total. The van der Waals surface area contributed by atoms with E-state index >= 15 is 0 Å². The molecule has 8 heteroatoms. The maximum atomic E-state index is 13.7. The summed E-state index contributed by atoms with van der Waals surface area (Å²) in [7, 11) is -1.64. The SMILES string of the molecule is O=C(Nc1ccc(F)cc1)c1ccc2c(c1)N(Cc1cccc(Cl)c1)C(=O)c1ccccc1[S@@]2=O. The van der Waals surface area contributed by atoms with Crippen molar-refractivity contribution in [3.63, 3.8) is 0 Å². The zero-order valence-electron chi connectivity index (χ0n) is 18.2. The Labute approximate surface area is 208 Å². The number of fused-ring (bicyclic) bond motifs is 2. The fraction of sp³-hybridized carbons (Fsp3) is 0.0370. The molecule has 5 nitrogen and oxygen atoms in total. The molecule has 0 unspecified atom stereocenters. The van der Waals surface area contributed by atoms with E-state index in [9.17, 15) is 18.2 Å². The van der Waals surface area contributed by atoms with E-state index in [4.69, 9.17) is 11.6 Å². The zero-order chi connectivity index (χ0) is 24.5. The van der Waals surface area contributed by atoms with Crippen LogP contribution in [0, 0.1) is 5.82 Å². The van der Waals surface area contributed by atoms with Gasteiger partial charge in [0.05, 0.1) is 38.4 Å². The van der Waals surface area contributed by atoms with Gasteiger partial charge in [0.2, 0.25) is 0 Å². The molecular weight excluding hydrogens is 487 g/mol. The summed E-state index contributed by atoms with van der Waals surface area (Å²) in [4.78, 5) is 29.0. The van der Waals surface area contributed by atoms with Crippen molar-refractivity contribution >= 4 is 45.6 Å². The third kappa shape index (κ3) is 4.60. The average Bonchev–Trinajstić information content (AvgIpc) is 2.95. The quantitative estimate of drug-likeness (QED) is 0.367. The second-order valence-corrected chi connectivity index (χ2v) is 9.78. The second-order valence-electron chi connectivity index (χ2n) is 7.93. The van der Waals surface area contributed by atoms with Gasteiger partial charge >= 0.3 is 0 Å². The lowest BCUT2D eigenvalue weighted by molar-refractivity contribution is 0.0979. The minimum atomic E-state index is -1.64. The number of halogens is 2. The van der Waals surface area contributed by atoms with Crippen molar-refractivity contribution in [2.24, 2.45) is 0 Å². The number of nitrogens with zero attached hydrogens (tertiary/aromatic N) is 1. The Kier molecular flexibility index (Phi) is 6.19. The molecule has 4 aromatic carbocycles. The first-order chi connectivity index (χ1) is 16.9. The summed E-state index contributed by atoms with van der Waals surface area (Å²) in [6, 6.07) is 24.0. The van der Waals surface area contributed by atoms with Gasteiger partial charge in [0, 0.05) is 16.3 Å². The smallest absolute Gasteiger partial charge is 0.259 e. The average molecular weight is 505 g/mol. The summed E-state index contributed by atoms with van der Waals surface area (Å²) in [5.74, 6) is -1.18. The highest BCUT2D eigenvalue weighted by Gasteiger charge is 2.31. The molecular formula is C27H18ClFN2O3S. The zero-order valence-corrected chi connectivity index (χ0v) is 19.8. The number of hydrogen-bond acceptors (Lipinski definition) is 3. The van der Waals surface area contributed by atoms with Gasteiger partial charge in [-0.25, -0.2) is 8.60 Å². The Balaban J connectivity index is 1.59. The van der Waals surface area contributed by atoms with Crippen molar-refractivity contribution in [2.45, 2.75) is 16.3 Å². The summed E-state index contributed by atoms with van der Waals surface area (Å²) in [6.07, 6.45) is 0. The van der Waals surface area contributed by atoms with E-state index in [1.54, 1.807) is 60.7 Å². The van der Waals surface area contributed by atoms with Crippen LogP contribution >= 0.6 is 11.6 Å². The van der Waals surface area contributed by atoms with Crippen molar-refractivity contribution in [3.8, 4) is 0 Å². The Morgan fingerprint density at radius 3 is 2.46 bits per heavy atom. The number of hydrogen-bond donors (Lipinski definition) is 1. The molecule has 35 heavy (non-hydrogen) atoms. The first-order valence-electron chi connectivity index (χ1n) is 10.7. The number of rotatable bonds is 4. The van der Waals surface area contributed by atoms with Gasteiger partial charge in [0.25, 0.3) is 11.8 Å². The Morgan fingerprint density at radius 1 is 0.914 bits per heavy atom. The first kappa shape index (κ1) is 23.0. The maximum Gasteiger partial charge on any atom is 0.259 e. The van der Waals surface area contributed by atoms with Crippen molar-refractivity contribution in [1.29, 1.82) is 0 Å². The standard InChI is InChI=1S/C27H18ClFN2O3S/c28-19-5-3-4-17(14-19)16-31-23-15-18(26(32)30-21-11-9-20(29)10-12-21)8-13-25(23)35(34)24-7-2-1-6-22(24)27(31)33/h1-15H,16H2,(H,30,32)/t35-/m0/s1. The fourth-order valence-electron chi connectivity index (χ4n) is 3.92. The molecule has 0 aliphatic carbocycles. The van der Waals surface area contributed by atoms with Crippen LogP contribution in [0.5, 0.6) is 0 Å². The van der Waals surface area contributed by atoms with Gasteiger partial charge in [-0.1, -0.05) is 35.9 Å². The third-order valence-electron chi connectivity index (χ3n) is 5.61. The van der Waals surface area contributed by atoms with Crippen LogP contribution in [0.4, 0.5) is 15.8 Å². The minimum absolute atomic E-state index is 0.168. The Bertz CT molecular complexity index is 1490.